The van der Waals surface area contributed by atoms with E-state index in [1.165, 1.54) is 16.4 Å². The SMILES string of the molecule is COc1ccc(OCc2nnc(SCC(=O)Nc3ccc4ccccc4c3)n2N)cc1. The van der Waals surface area contributed by atoms with E-state index in [0.717, 1.165) is 22.2 Å². The highest BCUT2D eigenvalue weighted by molar-refractivity contribution is 7.99. The van der Waals surface area contributed by atoms with Gasteiger partial charge in [-0.15, -0.1) is 10.2 Å². The lowest BCUT2D eigenvalue weighted by molar-refractivity contribution is -0.113. The fourth-order valence-corrected chi connectivity index (χ4v) is 3.59. The number of carbonyl (C=O) groups excluding carboxylic acids is 1. The number of methoxy groups -OCH3 is 1. The first-order valence-electron chi connectivity index (χ1n) is 9.50. The van der Waals surface area contributed by atoms with Crippen LogP contribution in [0.5, 0.6) is 11.5 Å². The van der Waals surface area contributed by atoms with E-state index in [0.29, 0.717) is 16.7 Å². The number of hydrogen-bond acceptors (Lipinski definition) is 7. The average molecular weight is 436 g/mol. The average Bonchev–Trinajstić information content (AvgIpc) is 3.16. The fourth-order valence-electron chi connectivity index (χ4n) is 2.92. The molecule has 0 aliphatic heterocycles. The molecule has 3 aromatic carbocycles. The first-order chi connectivity index (χ1) is 15.1. The van der Waals surface area contributed by atoms with Gasteiger partial charge in [-0.05, 0) is 47.2 Å². The van der Waals surface area contributed by atoms with E-state index in [1.807, 2.05) is 42.5 Å². The second-order valence-corrected chi connectivity index (χ2v) is 7.57. The number of nitrogens with two attached hydrogens (primary N) is 1. The van der Waals surface area contributed by atoms with Crippen molar-refractivity contribution in [2.24, 2.45) is 0 Å². The molecule has 0 atom stereocenters. The monoisotopic (exact) mass is 435 g/mol. The third kappa shape index (κ3) is 5.07. The molecule has 0 saturated heterocycles. The van der Waals surface area contributed by atoms with Gasteiger partial charge in [-0.2, -0.15) is 0 Å². The fraction of sp³-hybridized carbons (Fsp3) is 0.136. The molecule has 31 heavy (non-hydrogen) atoms. The lowest BCUT2D eigenvalue weighted by atomic mass is 10.1. The summed E-state index contributed by atoms with van der Waals surface area (Å²) in [5, 5.41) is 13.6. The smallest absolute Gasteiger partial charge is 0.234 e. The van der Waals surface area contributed by atoms with Crippen LogP contribution in [-0.4, -0.2) is 33.6 Å². The highest BCUT2D eigenvalue weighted by Gasteiger charge is 2.13. The molecule has 0 saturated carbocycles. The molecule has 0 radical (unpaired) electrons. The molecule has 158 valence electrons. The molecule has 0 fully saturated rings. The van der Waals surface area contributed by atoms with E-state index in [1.54, 1.807) is 31.4 Å². The highest BCUT2D eigenvalue weighted by Crippen LogP contribution is 2.21. The Hall–Kier alpha value is -3.72. The Balaban J connectivity index is 1.30. The molecule has 4 aromatic rings. The van der Waals surface area contributed by atoms with Crippen LogP contribution in [0, 0.1) is 0 Å². The van der Waals surface area contributed by atoms with Gasteiger partial charge >= 0.3 is 0 Å². The Morgan fingerprint density at radius 3 is 2.55 bits per heavy atom. The van der Waals surface area contributed by atoms with Crippen LogP contribution in [-0.2, 0) is 11.4 Å². The van der Waals surface area contributed by atoms with Gasteiger partial charge in [0.2, 0.25) is 11.1 Å². The number of nitrogen functional groups attached to an aromatic ring is 1. The number of fused-ring (bicyclic) bond motifs is 1. The van der Waals surface area contributed by atoms with Crippen LogP contribution in [0.1, 0.15) is 5.82 Å². The van der Waals surface area contributed by atoms with E-state index in [9.17, 15) is 4.79 Å². The minimum atomic E-state index is -0.153. The molecule has 0 aliphatic rings. The molecule has 3 N–H and O–H groups in total. The zero-order chi connectivity index (χ0) is 21.6. The van der Waals surface area contributed by atoms with Gasteiger partial charge in [0.05, 0.1) is 12.9 Å². The summed E-state index contributed by atoms with van der Waals surface area (Å²) in [7, 11) is 1.61. The van der Waals surface area contributed by atoms with Crippen LogP contribution in [0.2, 0.25) is 0 Å². The molecule has 1 aromatic heterocycles. The molecule has 1 amide bonds. The van der Waals surface area contributed by atoms with Crippen molar-refractivity contribution in [1.29, 1.82) is 0 Å². The van der Waals surface area contributed by atoms with Crippen molar-refractivity contribution in [1.82, 2.24) is 14.9 Å². The molecule has 9 heteroatoms. The van der Waals surface area contributed by atoms with Gasteiger partial charge in [0.25, 0.3) is 0 Å². The summed E-state index contributed by atoms with van der Waals surface area (Å²) in [6.07, 6.45) is 0. The molecular weight excluding hydrogens is 414 g/mol. The van der Waals surface area contributed by atoms with Crippen molar-refractivity contribution in [3.05, 3.63) is 72.6 Å². The number of hydrogen-bond donors (Lipinski definition) is 2. The highest BCUT2D eigenvalue weighted by atomic mass is 32.2. The van der Waals surface area contributed by atoms with Gasteiger partial charge in [0.15, 0.2) is 5.82 Å². The summed E-state index contributed by atoms with van der Waals surface area (Å²) in [5.41, 5.74) is 0.743. The van der Waals surface area contributed by atoms with Crippen LogP contribution in [0.4, 0.5) is 5.69 Å². The summed E-state index contributed by atoms with van der Waals surface area (Å²) in [4.78, 5) is 12.3. The Labute approximate surface area is 183 Å². The largest absolute Gasteiger partial charge is 0.497 e. The zero-order valence-corrected chi connectivity index (χ0v) is 17.6. The number of carbonyl (C=O) groups is 1. The number of benzene rings is 3. The number of nitrogens with zero attached hydrogens (tertiary/aromatic N) is 3. The van der Waals surface area contributed by atoms with Crippen molar-refractivity contribution in [3.63, 3.8) is 0 Å². The number of aromatic nitrogens is 3. The third-order valence-electron chi connectivity index (χ3n) is 4.53. The van der Waals surface area contributed by atoms with Crippen molar-refractivity contribution in [2.45, 2.75) is 11.8 Å². The van der Waals surface area contributed by atoms with E-state index in [4.69, 9.17) is 15.3 Å². The summed E-state index contributed by atoms with van der Waals surface area (Å²) in [5.74, 6) is 7.91. The van der Waals surface area contributed by atoms with Gasteiger partial charge < -0.3 is 20.6 Å². The Kier molecular flexibility index (Phi) is 6.23. The number of amides is 1. The lowest BCUT2D eigenvalue weighted by Crippen LogP contribution is -2.18. The maximum absolute atomic E-state index is 12.3. The zero-order valence-electron chi connectivity index (χ0n) is 16.8. The first kappa shape index (κ1) is 20.5. The van der Waals surface area contributed by atoms with Gasteiger partial charge in [-0.3, -0.25) is 4.79 Å². The third-order valence-corrected chi connectivity index (χ3v) is 5.47. The maximum Gasteiger partial charge on any atom is 0.234 e. The van der Waals surface area contributed by atoms with Crippen molar-refractivity contribution in [2.75, 3.05) is 24.0 Å². The van der Waals surface area contributed by atoms with Crippen molar-refractivity contribution in [3.8, 4) is 11.5 Å². The molecule has 0 unspecified atom stereocenters. The van der Waals surface area contributed by atoms with E-state index in [2.05, 4.69) is 15.5 Å². The van der Waals surface area contributed by atoms with Crippen molar-refractivity contribution < 1.29 is 14.3 Å². The quantitative estimate of drug-likeness (QED) is 0.323. The van der Waals surface area contributed by atoms with E-state index < -0.39 is 0 Å². The number of thioether (sulfide) groups is 1. The molecule has 1 heterocycles. The minimum Gasteiger partial charge on any atom is -0.497 e. The van der Waals surface area contributed by atoms with Gasteiger partial charge in [-0.1, -0.05) is 42.1 Å². The lowest BCUT2D eigenvalue weighted by Gasteiger charge is -2.08. The molecule has 0 bridgehead atoms. The van der Waals surface area contributed by atoms with Gasteiger partial charge in [0, 0.05) is 5.69 Å². The Morgan fingerprint density at radius 2 is 1.77 bits per heavy atom. The standard InChI is InChI=1S/C22H21N5O3S/c1-29-18-8-10-19(11-9-18)30-13-20-25-26-22(27(20)23)31-14-21(28)24-17-7-6-15-4-2-3-5-16(15)12-17/h2-12H,13-14,23H2,1H3,(H,24,28). The van der Waals surface area contributed by atoms with Crippen LogP contribution >= 0.6 is 11.8 Å². The second-order valence-electron chi connectivity index (χ2n) is 6.63. The summed E-state index contributed by atoms with van der Waals surface area (Å²) < 4.78 is 12.1. The molecule has 0 aliphatic carbocycles. The maximum atomic E-state index is 12.3. The second kappa shape index (κ2) is 9.40. The van der Waals surface area contributed by atoms with Crippen LogP contribution in [0.15, 0.2) is 71.9 Å². The number of nitrogens with one attached hydrogen (secondary N) is 1. The molecule has 0 spiro atoms. The van der Waals surface area contributed by atoms with Gasteiger partial charge in [-0.25, -0.2) is 4.68 Å². The van der Waals surface area contributed by atoms with Gasteiger partial charge in [0.1, 0.15) is 18.1 Å². The Bertz CT molecular complexity index is 1190. The molecular formula is C22H21N5O3S. The number of ether oxygens (including phenoxy) is 2. The summed E-state index contributed by atoms with van der Waals surface area (Å²) in [6, 6.07) is 21.0. The normalized spacial score (nSPS) is 10.7. The minimum absolute atomic E-state index is 0.152. The van der Waals surface area contributed by atoms with E-state index >= 15 is 0 Å². The predicted molar refractivity (Wildman–Crippen MR) is 121 cm³/mol. The Morgan fingerprint density at radius 1 is 1.03 bits per heavy atom. The van der Waals surface area contributed by atoms with Crippen LogP contribution in [0.25, 0.3) is 10.8 Å². The summed E-state index contributed by atoms with van der Waals surface area (Å²) >= 11 is 1.21. The van der Waals surface area contributed by atoms with E-state index in [-0.39, 0.29) is 18.3 Å². The summed E-state index contributed by atoms with van der Waals surface area (Å²) in [6.45, 7) is 0.152. The van der Waals surface area contributed by atoms with Crippen LogP contribution < -0.4 is 20.6 Å². The predicted octanol–water partition coefficient (Wildman–Crippen LogP) is 3.46. The number of anilines is 1. The molecule has 8 nitrogen and oxygen atoms in total. The van der Waals surface area contributed by atoms with Crippen molar-refractivity contribution >= 4 is 34.1 Å². The first-order valence-corrected chi connectivity index (χ1v) is 10.5. The van der Waals surface area contributed by atoms with Crippen LogP contribution in [0.3, 0.4) is 0 Å². The number of rotatable bonds is 8. The topological polar surface area (TPSA) is 104 Å². The molecule has 4 rings (SSSR count).